The fourth-order valence-electron chi connectivity index (χ4n) is 5.01. The van der Waals surface area contributed by atoms with Gasteiger partial charge in [0.15, 0.2) is 0 Å². The Morgan fingerprint density at radius 1 is 1.08 bits per heavy atom. The molecule has 1 fully saturated rings. The number of imidazole rings is 1. The summed E-state index contributed by atoms with van der Waals surface area (Å²) >= 11 is 0. The average Bonchev–Trinajstić information content (AvgIpc) is 3.55. The lowest BCUT2D eigenvalue weighted by Gasteiger charge is -2.41. The van der Waals surface area contributed by atoms with Crippen molar-refractivity contribution in [1.29, 1.82) is 0 Å². The van der Waals surface area contributed by atoms with Crippen LogP contribution in [0.5, 0.6) is 0 Å². The highest BCUT2D eigenvalue weighted by molar-refractivity contribution is 5.92. The lowest BCUT2D eigenvalue weighted by atomic mass is 10.0. The number of aryl methyl sites for hydroxylation is 2. The number of carbonyl (C=O) groups excluding carboxylic acids is 3. The predicted octanol–water partition coefficient (Wildman–Crippen LogP) is 0.160. The third kappa shape index (κ3) is 6.25. The summed E-state index contributed by atoms with van der Waals surface area (Å²) in [5, 5.41) is 14.1. The molecule has 2 atom stereocenters. The lowest BCUT2D eigenvalue weighted by Crippen LogP contribution is -2.63. The standard InChI is InChI=1S/C26H33N9O3/c1-18-27-13-20(29-18)15-33-10-11-35-23(17-33)25(37)28-14-21-16-34(32-31-21)9-5-8-24(36)30-22(26(35)38)12-19-6-3-2-4-7-19/h2-4,6-7,13,16,22-23H,5,8-12,14-15,17H2,1H3,(H,27,29)(H,28,37)(H,30,36)/t22-,23+/m0/s1. The molecule has 4 heterocycles. The molecule has 3 amide bonds. The number of hydrogen-bond donors (Lipinski definition) is 3. The maximum absolute atomic E-state index is 14.0. The topological polar surface area (TPSA) is 141 Å². The predicted molar refractivity (Wildman–Crippen MR) is 137 cm³/mol. The summed E-state index contributed by atoms with van der Waals surface area (Å²) < 4.78 is 1.67. The molecule has 12 heteroatoms. The molecular weight excluding hydrogens is 486 g/mol. The first-order valence-electron chi connectivity index (χ1n) is 13.0. The van der Waals surface area contributed by atoms with E-state index in [-0.39, 0.29) is 30.7 Å². The number of aromatic amines is 1. The number of H-pyrrole nitrogens is 1. The maximum atomic E-state index is 14.0. The minimum absolute atomic E-state index is 0.205. The van der Waals surface area contributed by atoms with Crippen LogP contribution in [0.15, 0.2) is 42.7 Å². The number of benzene rings is 1. The van der Waals surface area contributed by atoms with Crippen LogP contribution in [0.4, 0.5) is 0 Å². The van der Waals surface area contributed by atoms with Crippen molar-refractivity contribution in [2.75, 3.05) is 19.6 Å². The van der Waals surface area contributed by atoms with Crippen molar-refractivity contribution < 1.29 is 14.4 Å². The number of amides is 3. The van der Waals surface area contributed by atoms with Crippen molar-refractivity contribution in [3.8, 4) is 0 Å². The van der Waals surface area contributed by atoms with E-state index in [0.29, 0.717) is 51.3 Å². The Balaban J connectivity index is 1.41. The van der Waals surface area contributed by atoms with Crippen molar-refractivity contribution in [3.05, 3.63) is 65.5 Å². The van der Waals surface area contributed by atoms with Gasteiger partial charge in [0.1, 0.15) is 23.6 Å². The largest absolute Gasteiger partial charge is 0.348 e. The highest BCUT2D eigenvalue weighted by Gasteiger charge is 2.38. The van der Waals surface area contributed by atoms with E-state index in [0.717, 1.165) is 17.1 Å². The molecule has 12 nitrogen and oxygen atoms in total. The van der Waals surface area contributed by atoms with Gasteiger partial charge in [0, 0.05) is 57.5 Å². The minimum atomic E-state index is -0.774. The Labute approximate surface area is 220 Å². The number of nitrogens with one attached hydrogen (secondary N) is 3. The number of fused-ring (bicyclic) bond motifs is 3. The molecule has 2 bridgehead atoms. The minimum Gasteiger partial charge on any atom is -0.348 e. The van der Waals surface area contributed by atoms with E-state index < -0.39 is 12.1 Å². The molecule has 200 valence electrons. The van der Waals surface area contributed by atoms with Gasteiger partial charge in [-0.05, 0) is 18.9 Å². The number of carbonyl (C=O) groups is 3. The molecule has 1 aromatic carbocycles. The summed E-state index contributed by atoms with van der Waals surface area (Å²) in [6.45, 7) is 4.52. The van der Waals surface area contributed by atoms with E-state index in [1.54, 1.807) is 22.0 Å². The van der Waals surface area contributed by atoms with Crippen molar-refractivity contribution in [2.24, 2.45) is 0 Å². The molecule has 3 aromatic rings. The lowest BCUT2D eigenvalue weighted by molar-refractivity contribution is -0.146. The second-order valence-corrected chi connectivity index (χ2v) is 9.88. The molecule has 0 unspecified atom stereocenters. The summed E-state index contributed by atoms with van der Waals surface area (Å²) in [4.78, 5) is 51.6. The molecule has 1 saturated heterocycles. The normalized spacial score (nSPS) is 21.7. The van der Waals surface area contributed by atoms with E-state index in [1.165, 1.54) is 0 Å². The van der Waals surface area contributed by atoms with Crippen LogP contribution in [0.2, 0.25) is 0 Å². The average molecular weight is 520 g/mol. The zero-order valence-electron chi connectivity index (χ0n) is 21.5. The summed E-state index contributed by atoms with van der Waals surface area (Å²) in [5.41, 5.74) is 2.51. The van der Waals surface area contributed by atoms with Gasteiger partial charge in [-0.3, -0.25) is 24.0 Å². The first-order chi connectivity index (χ1) is 18.4. The number of hydrogen-bond acceptors (Lipinski definition) is 7. The van der Waals surface area contributed by atoms with Gasteiger partial charge in [0.2, 0.25) is 17.7 Å². The highest BCUT2D eigenvalue weighted by Crippen LogP contribution is 2.17. The Morgan fingerprint density at radius 2 is 1.92 bits per heavy atom. The Morgan fingerprint density at radius 3 is 2.71 bits per heavy atom. The van der Waals surface area contributed by atoms with E-state index in [9.17, 15) is 14.4 Å². The van der Waals surface area contributed by atoms with Crippen molar-refractivity contribution in [3.63, 3.8) is 0 Å². The van der Waals surface area contributed by atoms with Crippen LogP contribution >= 0.6 is 0 Å². The van der Waals surface area contributed by atoms with Gasteiger partial charge in [0.05, 0.1) is 12.7 Å². The molecule has 0 saturated carbocycles. The molecule has 0 radical (unpaired) electrons. The molecule has 3 N–H and O–H groups in total. The van der Waals surface area contributed by atoms with Gasteiger partial charge in [0.25, 0.3) is 0 Å². The molecule has 2 aromatic heterocycles. The fourth-order valence-corrected chi connectivity index (χ4v) is 5.01. The summed E-state index contributed by atoms with van der Waals surface area (Å²) in [6.07, 6.45) is 4.72. The third-order valence-electron chi connectivity index (χ3n) is 6.94. The zero-order valence-corrected chi connectivity index (χ0v) is 21.5. The monoisotopic (exact) mass is 519 g/mol. The quantitative estimate of drug-likeness (QED) is 0.446. The van der Waals surface area contributed by atoms with Crippen molar-refractivity contribution in [1.82, 2.24) is 45.4 Å². The summed E-state index contributed by atoms with van der Waals surface area (Å²) in [5.74, 6) is 0.105. The molecule has 2 aliphatic rings. The van der Waals surface area contributed by atoms with Crippen LogP contribution in [0, 0.1) is 6.92 Å². The van der Waals surface area contributed by atoms with Gasteiger partial charge in [-0.15, -0.1) is 5.10 Å². The van der Waals surface area contributed by atoms with Gasteiger partial charge >= 0.3 is 0 Å². The number of nitrogens with zero attached hydrogens (tertiary/aromatic N) is 6. The van der Waals surface area contributed by atoms with Crippen LogP contribution in [0.1, 0.15) is 35.6 Å². The van der Waals surface area contributed by atoms with E-state index in [1.807, 2.05) is 37.3 Å². The molecule has 0 spiro atoms. The van der Waals surface area contributed by atoms with E-state index in [4.69, 9.17) is 0 Å². The Hall–Kier alpha value is -4.06. The smallest absolute Gasteiger partial charge is 0.246 e. The second kappa shape index (κ2) is 11.5. The zero-order chi connectivity index (χ0) is 26.5. The van der Waals surface area contributed by atoms with Crippen LogP contribution < -0.4 is 10.6 Å². The number of rotatable bonds is 4. The SMILES string of the molecule is Cc1ncc(CN2CCN3C(=O)[C@H](Cc4ccccc4)NC(=O)CCCn4cc(nn4)CNC(=O)[C@H]3C2)[nH]1. The van der Waals surface area contributed by atoms with Crippen LogP contribution in [-0.4, -0.2) is 84.2 Å². The van der Waals surface area contributed by atoms with Crippen LogP contribution in [0.3, 0.4) is 0 Å². The molecule has 2 aliphatic heterocycles. The van der Waals surface area contributed by atoms with Crippen LogP contribution in [-0.2, 0) is 40.4 Å². The van der Waals surface area contributed by atoms with E-state index >= 15 is 0 Å². The van der Waals surface area contributed by atoms with Gasteiger partial charge in [-0.1, -0.05) is 35.5 Å². The number of aromatic nitrogens is 5. The number of piperazine rings is 1. The molecule has 38 heavy (non-hydrogen) atoms. The fraction of sp³-hybridized carbons (Fsp3) is 0.462. The molecule has 5 rings (SSSR count). The van der Waals surface area contributed by atoms with Gasteiger partial charge < -0.3 is 20.5 Å². The first kappa shape index (κ1) is 25.6. The highest BCUT2D eigenvalue weighted by atomic mass is 16.2. The van der Waals surface area contributed by atoms with Gasteiger partial charge in [-0.25, -0.2) is 4.98 Å². The van der Waals surface area contributed by atoms with E-state index in [2.05, 4.69) is 35.8 Å². The maximum Gasteiger partial charge on any atom is 0.246 e. The summed E-state index contributed by atoms with van der Waals surface area (Å²) in [6, 6.07) is 8.10. The molecule has 0 aliphatic carbocycles. The third-order valence-corrected chi connectivity index (χ3v) is 6.94. The molecular formula is C26H33N9O3. The summed E-state index contributed by atoms with van der Waals surface area (Å²) in [7, 11) is 0. The van der Waals surface area contributed by atoms with Gasteiger partial charge in [-0.2, -0.15) is 0 Å². The Bertz CT molecular complexity index is 1270. The Kier molecular flexibility index (Phi) is 7.78. The van der Waals surface area contributed by atoms with Crippen LogP contribution in [0.25, 0.3) is 0 Å². The van der Waals surface area contributed by atoms with Crippen molar-refractivity contribution in [2.45, 2.75) is 57.9 Å². The second-order valence-electron chi connectivity index (χ2n) is 9.88. The van der Waals surface area contributed by atoms with Crippen molar-refractivity contribution >= 4 is 17.7 Å². The first-order valence-corrected chi connectivity index (χ1v) is 13.0.